The lowest BCUT2D eigenvalue weighted by Gasteiger charge is -2.42. The van der Waals surface area contributed by atoms with E-state index in [2.05, 4.69) is 67.6 Å². The van der Waals surface area contributed by atoms with Gasteiger partial charge in [0.1, 0.15) is 0 Å². The summed E-state index contributed by atoms with van der Waals surface area (Å²) < 4.78 is 0. The maximum Gasteiger partial charge on any atom is 0.00530 e. The topological polar surface area (TPSA) is 26.0 Å². The highest BCUT2D eigenvalue weighted by atomic mass is 14.7. The van der Waals surface area contributed by atoms with Gasteiger partial charge in [0.15, 0.2) is 0 Å². The monoisotopic (exact) mass is 265 g/mol. The van der Waals surface area contributed by atoms with Crippen molar-refractivity contribution in [2.24, 2.45) is 5.73 Å². The van der Waals surface area contributed by atoms with E-state index in [1.807, 2.05) is 0 Å². The Morgan fingerprint density at radius 3 is 2.15 bits per heavy atom. The Morgan fingerprint density at radius 2 is 1.50 bits per heavy atom. The highest BCUT2D eigenvalue weighted by Gasteiger charge is 2.37. The third-order valence-corrected chi connectivity index (χ3v) is 4.74. The fourth-order valence-electron chi connectivity index (χ4n) is 3.79. The van der Waals surface area contributed by atoms with Gasteiger partial charge >= 0.3 is 0 Å². The van der Waals surface area contributed by atoms with Crippen LogP contribution in [0.2, 0.25) is 0 Å². The quantitative estimate of drug-likeness (QED) is 0.863. The SMILES string of the molecule is CC1(c2ccccc2)CC(N)CC(c2ccccc2)C1. The van der Waals surface area contributed by atoms with Crippen LogP contribution >= 0.6 is 0 Å². The summed E-state index contributed by atoms with van der Waals surface area (Å²) >= 11 is 0. The lowest BCUT2D eigenvalue weighted by Crippen LogP contribution is -2.40. The predicted octanol–water partition coefficient (Wildman–Crippen LogP) is 4.24. The normalized spacial score (nSPS) is 30.1. The number of hydrogen-bond acceptors (Lipinski definition) is 1. The third-order valence-electron chi connectivity index (χ3n) is 4.74. The third kappa shape index (κ3) is 2.64. The molecule has 0 heterocycles. The molecule has 2 aromatic carbocycles. The van der Waals surface area contributed by atoms with Crippen LogP contribution in [0.5, 0.6) is 0 Å². The minimum Gasteiger partial charge on any atom is -0.328 e. The van der Waals surface area contributed by atoms with Crippen LogP contribution in [0.25, 0.3) is 0 Å². The van der Waals surface area contributed by atoms with E-state index in [4.69, 9.17) is 5.73 Å². The summed E-state index contributed by atoms with van der Waals surface area (Å²) in [6.07, 6.45) is 3.38. The molecule has 1 saturated carbocycles. The molecule has 0 spiro atoms. The van der Waals surface area contributed by atoms with Gasteiger partial charge in [-0.2, -0.15) is 0 Å². The van der Waals surface area contributed by atoms with Crippen molar-refractivity contribution in [1.29, 1.82) is 0 Å². The highest BCUT2D eigenvalue weighted by Crippen LogP contribution is 2.45. The Hall–Kier alpha value is -1.60. The average Bonchev–Trinajstić information content (AvgIpc) is 2.48. The van der Waals surface area contributed by atoms with E-state index in [1.165, 1.54) is 17.5 Å². The van der Waals surface area contributed by atoms with Gasteiger partial charge in [0, 0.05) is 6.04 Å². The number of nitrogens with two attached hydrogens (primary N) is 1. The summed E-state index contributed by atoms with van der Waals surface area (Å²) in [7, 11) is 0. The average molecular weight is 265 g/mol. The molecule has 0 bridgehead atoms. The second-order valence-corrected chi connectivity index (χ2v) is 6.44. The first-order valence-corrected chi connectivity index (χ1v) is 7.53. The zero-order chi connectivity index (χ0) is 14.0. The molecule has 0 amide bonds. The maximum atomic E-state index is 6.38. The summed E-state index contributed by atoms with van der Waals surface area (Å²) in [6.45, 7) is 2.37. The van der Waals surface area contributed by atoms with Crippen molar-refractivity contribution in [3.8, 4) is 0 Å². The molecule has 2 N–H and O–H groups in total. The van der Waals surface area contributed by atoms with Gasteiger partial charge in [0.25, 0.3) is 0 Å². The van der Waals surface area contributed by atoms with Crippen LogP contribution in [0.15, 0.2) is 60.7 Å². The Bertz CT molecular complexity index is 548. The number of rotatable bonds is 2. The second-order valence-electron chi connectivity index (χ2n) is 6.44. The van der Waals surface area contributed by atoms with Gasteiger partial charge in [0.05, 0.1) is 0 Å². The van der Waals surface area contributed by atoms with Crippen molar-refractivity contribution in [2.45, 2.75) is 43.6 Å². The van der Waals surface area contributed by atoms with Gasteiger partial charge in [-0.1, -0.05) is 67.6 Å². The second kappa shape index (κ2) is 5.41. The molecular formula is C19H23N. The molecular weight excluding hydrogens is 242 g/mol. The fourth-order valence-corrected chi connectivity index (χ4v) is 3.79. The largest absolute Gasteiger partial charge is 0.328 e. The first kappa shape index (κ1) is 13.4. The Kier molecular flexibility index (Phi) is 3.62. The summed E-state index contributed by atoms with van der Waals surface area (Å²) in [5, 5.41) is 0. The first-order chi connectivity index (χ1) is 9.67. The molecule has 3 atom stereocenters. The summed E-state index contributed by atoms with van der Waals surface area (Å²) in [5.41, 5.74) is 9.43. The van der Waals surface area contributed by atoms with Crippen molar-refractivity contribution in [3.63, 3.8) is 0 Å². The minimum absolute atomic E-state index is 0.194. The Morgan fingerprint density at radius 1 is 0.900 bits per heavy atom. The van der Waals surface area contributed by atoms with E-state index in [0.29, 0.717) is 12.0 Å². The Balaban J connectivity index is 1.90. The van der Waals surface area contributed by atoms with Crippen LogP contribution in [-0.4, -0.2) is 6.04 Å². The summed E-state index contributed by atoms with van der Waals surface area (Å²) in [5.74, 6) is 0.574. The number of benzene rings is 2. The van der Waals surface area contributed by atoms with Crippen LogP contribution < -0.4 is 5.73 Å². The molecule has 1 fully saturated rings. The van der Waals surface area contributed by atoms with E-state index < -0.39 is 0 Å². The molecule has 1 heteroatoms. The first-order valence-electron chi connectivity index (χ1n) is 7.53. The molecule has 1 aliphatic carbocycles. The van der Waals surface area contributed by atoms with Gasteiger partial charge in [-0.05, 0) is 41.7 Å². The Labute approximate surface area is 121 Å². The molecule has 1 aliphatic rings. The molecule has 0 radical (unpaired) electrons. The van der Waals surface area contributed by atoms with Gasteiger partial charge < -0.3 is 5.73 Å². The molecule has 104 valence electrons. The van der Waals surface area contributed by atoms with Crippen LogP contribution in [0.1, 0.15) is 43.2 Å². The van der Waals surface area contributed by atoms with Crippen molar-refractivity contribution in [1.82, 2.24) is 0 Å². The van der Waals surface area contributed by atoms with Crippen LogP contribution in [0, 0.1) is 0 Å². The van der Waals surface area contributed by atoms with Crippen molar-refractivity contribution in [2.75, 3.05) is 0 Å². The van der Waals surface area contributed by atoms with Crippen LogP contribution in [0.4, 0.5) is 0 Å². The van der Waals surface area contributed by atoms with Gasteiger partial charge in [-0.15, -0.1) is 0 Å². The van der Waals surface area contributed by atoms with Crippen molar-refractivity contribution < 1.29 is 0 Å². The van der Waals surface area contributed by atoms with E-state index in [-0.39, 0.29) is 5.41 Å². The van der Waals surface area contributed by atoms with Gasteiger partial charge in [0.2, 0.25) is 0 Å². The van der Waals surface area contributed by atoms with Crippen LogP contribution in [-0.2, 0) is 5.41 Å². The molecule has 20 heavy (non-hydrogen) atoms. The molecule has 0 aliphatic heterocycles. The molecule has 0 saturated heterocycles. The summed E-state index contributed by atoms with van der Waals surface area (Å²) in [6, 6.07) is 22.0. The molecule has 0 aromatic heterocycles. The van der Waals surface area contributed by atoms with Crippen LogP contribution in [0.3, 0.4) is 0 Å². The number of hydrogen-bond donors (Lipinski definition) is 1. The predicted molar refractivity (Wildman–Crippen MR) is 84.8 cm³/mol. The van der Waals surface area contributed by atoms with E-state index in [0.717, 1.165) is 12.8 Å². The van der Waals surface area contributed by atoms with Gasteiger partial charge in [-0.3, -0.25) is 0 Å². The van der Waals surface area contributed by atoms with Crippen molar-refractivity contribution in [3.05, 3.63) is 71.8 Å². The fraction of sp³-hybridized carbons (Fsp3) is 0.368. The van der Waals surface area contributed by atoms with E-state index in [1.54, 1.807) is 0 Å². The smallest absolute Gasteiger partial charge is 0.00530 e. The molecule has 3 rings (SSSR count). The molecule has 3 unspecified atom stereocenters. The standard InChI is InChI=1S/C19H23N/c1-19(17-10-6-3-7-11-17)13-16(12-18(20)14-19)15-8-4-2-5-9-15/h2-11,16,18H,12-14,20H2,1H3. The highest BCUT2D eigenvalue weighted by molar-refractivity contribution is 5.29. The van der Waals surface area contributed by atoms with E-state index >= 15 is 0 Å². The zero-order valence-corrected chi connectivity index (χ0v) is 12.1. The lowest BCUT2D eigenvalue weighted by molar-refractivity contribution is 0.258. The molecule has 2 aromatic rings. The zero-order valence-electron chi connectivity index (χ0n) is 12.1. The summed E-state index contributed by atoms with van der Waals surface area (Å²) in [4.78, 5) is 0. The minimum atomic E-state index is 0.194. The maximum absolute atomic E-state index is 6.38. The molecule has 1 nitrogen and oxygen atoms in total. The van der Waals surface area contributed by atoms with E-state index in [9.17, 15) is 0 Å². The van der Waals surface area contributed by atoms with Crippen molar-refractivity contribution >= 4 is 0 Å². The lowest BCUT2D eigenvalue weighted by atomic mass is 9.64. The van der Waals surface area contributed by atoms with Gasteiger partial charge in [-0.25, -0.2) is 0 Å².